The fraction of sp³-hybridized carbons (Fsp3) is 0. The highest BCUT2D eigenvalue weighted by molar-refractivity contribution is 6.46. The van der Waals surface area contributed by atoms with E-state index in [9.17, 15) is 0 Å². The monoisotopic (exact) mass is 402 g/mol. The van der Waals surface area contributed by atoms with E-state index >= 15 is 0 Å². The maximum absolute atomic E-state index is 2.41. The van der Waals surface area contributed by atoms with E-state index in [-0.39, 0.29) is 0 Å². The molecule has 0 saturated heterocycles. The molecule has 0 bridgehead atoms. The summed E-state index contributed by atoms with van der Waals surface area (Å²) in [6.07, 6.45) is 0. The van der Waals surface area contributed by atoms with E-state index in [1.807, 2.05) is 0 Å². The Bertz CT molecular complexity index is 1760. The van der Waals surface area contributed by atoms with Crippen LogP contribution in [-0.2, 0) is 0 Å². The van der Waals surface area contributed by atoms with Crippen molar-refractivity contribution in [2.24, 2.45) is 0 Å². The van der Waals surface area contributed by atoms with Crippen LogP contribution in [-0.4, -0.2) is 0 Å². The van der Waals surface area contributed by atoms with Gasteiger partial charge in [0.2, 0.25) is 0 Å². The molecule has 0 aliphatic heterocycles. The van der Waals surface area contributed by atoms with Gasteiger partial charge >= 0.3 is 0 Å². The molecule has 0 heteroatoms. The molecule has 0 amide bonds. The van der Waals surface area contributed by atoms with Crippen molar-refractivity contribution in [1.82, 2.24) is 0 Å². The van der Waals surface area contributed by atoms with Gasteiger partial charge in [-0.25, -0.2) is 0 Å². The van der Waals surface area contributed by atoms with E-state index in [0.29, 0.717) is 0 Å². The first-order chi connectivity index (χ1) is 15.9. The Balaban J connectivity index is 1.74. The average Bonchev–Trinajstić information content (AvgIpc) is 3.24. The average molecular weight is 402 g/mol. The van der Waals surface area contributed by atoms with E-state index in [2.05, 4.69) is 109 Å². The van der Waals surface area contributed by atoms with Crippen LogP contribution < -0.4 is 0 Å². The molecule has 0 aliphatic rings. The lowest BCUT2D eigenvalue weighted by Crippen LogP contribution is -1.89. The molecule has 0 fully saturated rings. The molecule has 8 aromatic rings. The maximum atomic E-state index is 2.41. The highest BCUT2D eigenvalue weighted by atomic mass is 14.3. The second-order valence-corrected chi connectivity index (χ2v) is 8.92. The molecule has 0 radical (unpaired) electrons. The molecule has 0 N–H and O–H groups in total. The molecule has 0 nitrogen and oxygen atoms in total. The molecule has 0 aromatic heterocycles. The molecule has 8 rings (SSSR count). The summed E-state index contributed by atoms with van der Waals surface area (Å²) >= 11 is 0. The zero-order valence-corrected chi connectivity index (χ0v) is 17.4. The minimum Gasteiger partial charge on any atom is -0.0622 e. The minimum absolute atomic E-state index is 1.27. The standard InChI is InChI=1S/C32H18/c1-3-7-19(8-4-1)25-17-23-15-13-21-11-12-22-14-16-24-18-26(20-9-5-2-6-10-20)31(25)32-29(23)27(21)28(22)30(24)32/h1-18H. The topological polar surface area (TPSA) is 0 Å². The van der Waals surface area contributed by atoms with Crippen molar-refractivity contribution in [2.45, 2.75) is 0 Å². The smallest absolute Gasteiger partial charge is 0.000137 e. The van der Waals surface area contributed by atoms with Gasteiger partial charge in [0.25, 0.3) is 0 Å². The molecule has 0 spiro atoms. The molecule has 0 saturated carbocycles. The van der Waals surface area contributed by atoms with Crippen LogP contribution >= 0.6 is 0 Å². The SMILES string of the molecule is c1ccc(-c2cc3ccc4ccc5ccc6cc(-c7ccccc7)c2c2c3c4c5c62)cc1. The molecule has 0 atom stereocenters. The first-order valence-electron chi connectivity index (χ1n) is 11.2. The maximum Gasteiger partial charge on any atom is -0.000137 e. The number of benzene rings is 7. The lowest BCUT2D eigenvalue weighted by atomic mass is 9.87. The zero-order valence-electron chi connectivity index (χ0n) is 17.4. The zero-order chi connectivity index (χ0) is 20.8. The van der Waals surface area contributed by atoms with Crippen LogP contribution in [0.4, 0.5) is 0 Å². The van der Waals surface area contributed by atoms with Crippen molar-refractivity contribution in [3.8, 4) is 22.3 Å². The molecular weight excluding hydrogens is 384 g/mol. The third-order valence-corrected chi connectivity index (χ3v) is 7.29. The van der Waals surface area contributed by atoms with E-state index in [1.54, 1.807) is 0 Å². The van der Waals surface area contributed by atoms with Gasteiger partial charge < -0.3 is 0 Å². The Morgan fingerprint density at radius 3 is 1.09 bits per heavy atom. The number of rotatable bonds is 2. The van der Waals surface area contributed by atoms with Gasteiger partial charge in [-0.1, -0.05) is 97.1 Å². The van der Waals surface area contributed by atoms with E-state index < -0.39 is 0 Å². The Hall–Kier alpha value is -4.16. The summed E-state index contributed by atoms with van der Waals surface area (Å²) in [6, 6.07) is 40.3. The van der Waals surface area contributed by atoms with Crippen molar-refractivity contribution in [3.63, 3.8) is 0 Å². The van der Waals surface area contributed by atoms with E-state index in [0.717, 1.165) is 0 Å². The lowest BCUT2D eigenvalue weighted by Gasteiger charge is -2.16. The van der Waals surface area contributed by atoms with Crippen molar-refractivity contribution >= 4 is 53.9 Å². The molecule has 0 aliphatic carbocycles. The summed E-state index contributed by atoms with van der Waals surface area (Å²) in [5.41, 5.74) is 5.18. The summed E-state index contributed by atoms with van der Waals surface area (Å²) in [6.45, 7) is 0. The van der Waals surface area contributed by atoms with Crippen LogP contribution in [0.15, 0.2) is 109 Å². The quantitative estimate of drug-likeness (QED) is 0.253. The van der Waals surface area contributed by atoms with Crippen molar-refractivity contribution in [2.75, 3.05) is 0 Å². The third-order valence-electron chi connectivity index (χ3n) is 7.29. The Morgan fingerprint density at radius 1 is 0.281 bits per heavy atom. The van der Waals surface area contributed by atoms with Crippen molar-refractivity contribution < 1.29 is 0 Å². The first kappa shape index (κ1) is 16.5. The van der Waals surface area contributed by atoms with Gasteiger partial charge in [-0.2, -0.15) is 0 Å². The van der Waals surface area contributed by atoms with Crippen LogP contribution in [0.2, 0.25) is 0 Å². The molecule has 0 unspecified atom stereocenters. The first-order valence-corrected chi connectivity index (χ1v) is 11.2. The van der Waals surface area contributed by atoms with Crippen LogP contribution in [0.3, 0.4) is 0 Å². The Kier molecular flexibility index (Phi) is 2.97. The van der Waals surface area contributed by atoms with E-state index in [1.165, 1.54) is 76.1 Å². The van der Waals surface area contributed by atoms with E-state index in [4.69, 9.17) is 0 Å². The summed E-state index contributed by atoms with van der Waals surface area (Å²) < 4.78 is 0. The molecular formula is C32H18. The second-order valence-electron chi connectivity index (χ2n) is 8.92. The number of hydrogen-bond donors (Lipinski definition) is 0. The Labute approximate surface area is 185 Å². The number of hydrogen-bond acceptors (Lipinski definition) is 0. The second kappa shape index (κ2) is 5.75. The highest BCUT2D eigenvalue weighted by Gasteiger charge is 2.24. The predicted octanol–water partition coefficient (Wildman–Crippen LogP) is 9.10. The summed E-state index contributed by atoms with van der Waals surface area (Å²) in [4.78, 5) is 0. The van der Waals surface area contributed by atoms with Gasteiger partial charge in [-0.3, -0.25) is 0 Å². The van der Waals surface area contributed by atoms with Crippen molar-refractivity contribution in [3.05, 3.63) is 109 Å². The predicted molar refractivity (Wildman–Crippen MR) is 138 cm³/mol. The van der Waals surface area contributed by atoms with Crippen LogP contribution in [0, 0.1) is 0 Å². The largest absolute Gasteiger partial charge is 0.0622 e. The normalized spacial score (nSPS) is 12.4. The third kappa shape index (κ3) is 1.93. The highest BCUT2D eigenvalue weighted by Crippen LogP contribution is 2.52. The minimum atomic E-state index is 1.27. The fourth-order valence-electron chi connectivity index (χ4n) is 5.98. The molecule has 0 heterocycles. The Morgan fingerprint density at radius 2 is 0.656 bits per heavy atom. The van der Waals surface area contributed by atoms with Gasteiger partial charge in [0.15, 0.2) is 0 Å². The van der Waals surface area contributed by atoms with Gasteiger partial charge in [0.05, 0.1) is 0 Å². The fourth-order valence-corrected chi connectivity index (χ4v) is 5.98. The van der Waals surface area contributed by atoms with Gasteiger partial charge in [-0.05, 0) is 88.2 Å². The van der Waals surface area contributed by atoms with Gasteiger partial charge in [0.1, 0.15) is 0 Å². The van der Waals surface area contributed by atoms with Gasteiger partial charge in [-0.15, -0.1) is 0 Å². The van der Waals surface area contributed by atoms with Crippen molar-refractivity contribution in [1.29, 1.82) is 0 Å². The molecule has 32 heavy (non-hydrogen) atoms. The lowest BCUT2D eigenvalue weighted by molar-refractivity contribution is 1.65. The summed E-state index contributed by atoms with van der Waals surface area (Å²) in [5, 5.41) is 13.8. The summed E-state index contributed by atoms with van der Waals surface area (Å²) in [7, 11) is 0. The summed E-state index contributed by atoms with van der Waals surface area (Å²) in [5.74, 6) is 0. The van der Waals surface area contributed by atoms with Gasteiger partial charge in [0, 0.05) is 0 Å². The van der Waals surface area contributed by atoms with Crippen LogP contribution in [0.5, 0.6) is 0 Å². The molecule has 146 valence electrons. The molecule has 8 aromatic carbocycles. The van der Waals surface area contributed by atoms with Crippen LogP contribution in [0.1, 0.15) is 0 Å². The van der Waals surface area contributed by atoms with Crippen LogP contribution in [0.25, 0.3) is 76.1 Å².